The van der Waals surface area contributed by atoms with E-state index in [0.29, 0.717) is 5.69 Å². The summed E-state index contributed by atoms with van der Waals surface area (Å²) in [6.07, 6.45) is 3.57. The molecule has 2 rings (SSSR count). The summed E-state index contributed by atoms with van der Waals surface area (Å²) in [5.41, 5.74) is 0.160. The lowest BCUT2D eigenvalue weighted by molar-refractivity contribution is -0.127. The number of amides is 1. The molecule has 1 saturated heterocycles. The van der Waals surface area contributed by atoms with Gasteiger partial charge >= 0.3 is 0 Å². The van der Waals surface area contributed by atoms with E-state index >= 15 is 0 Å². The van der Waals surface area contributed by atoms with E-state index in [4.69, 9.17) is 0 Å². The molecule has 3 N–H and O–H groups in total. The highest BCUT2D eigenvalue weighted by Gasteiger charge is 2.38. The number of hydrogen-bond acceptors (Lipinski definition) is 3. The molecule has 1 amide bonds. The standard InChI is InChI=1S/C15H21BrN2O2/c1-2-5-15(6-8-17-9-7-15)14(20)18-12-10-11(16)3-4-13(12)19/h3-4,10,17,19H,2,5-9H2,1H3,(H,18,20). The molecule has 5 heteroatoms. The highest BCUT2D eigenvalue weighted by atomic mass is 79.9. The first-order valence-corrected chi connectivity index (χ1v) is 7.87. The fourth-order valence-electron chi connectivity index (χ4n) is 2.84. The van der Waals surface area contributed by atoms with E-state index in [0.717, 1.165) is 43.2 Å². The molecular weight excluding hydrogens is 320 g/mol. The number of nitrogens with one attached hydrogen (secondary N) is 2. The van der Waals surface area contributed by atoms with Crippen molar-refractivity contribution in [3.63, 3.8) is 0 Å². The van der Waals surface area contributed by atoms with E-state index in [1.165, 1.54) is 0 Å². The maximum absolute atomic E-state index is 12.7. The molecule has 1 aliphatic heterocycles. The molecule has 110 valence electrons. The van der Waals surface area contributed by atoms with E-state index in [1.807, 2.05) is 0 Å². The quantitative estimate of drug-likeness (QED) is 0.737. The lowest BCUT2D eigenvalue weighted by Gasteiger charge is -2.36. The van der Waals surface area contributed by atoms with Crippen molar-refractivity contribution < 1.29 is 9.90 Å². The average molecular weight is 341 g/mol. The summed E-state index contributed by atoms with van der Waals surface area (Å²) in [6, 6.07) is 5.06. The number of halogens is 1. The maximum Gasteiger partial charge on any atom is 0.230 e. The average Bonchev–Trinajstić information content (AvgIpc) is 2.44. The van der Waals surface area contributed by atoms with E-state index in [-0.39, 0.29) is 17.1 Å². The van der Waals surface area contributed by atoms with Crippen molar-refractivity contribution in [3.05, 3.63) is 22.7 Å². The van der Waals surface area contributed by atoms with Crippen molar-refractivity contribution in [2.45, 2.75) is 32.6 Å². The first-order valence-electron chi connectivity index (χ1n) is 7.08. The van der Waals surface area contributed by atoms with Gasteiger partial charge < -0.3 is 15.7 Å². The van der Waals surface area contributed by atoms with Gasteiger partial charge in [-0.3, -0.25) is 4.79 Å². The molecule has 0 radical (unpaired) electrons. The fourth-order valence-corrected chi connectivity index (χ4v) is 3.20. The number of carbonyl (C=O) groups excluding carboxylic acids is 1. The molecule has 1 aromatic rings. The number of carbonyl (C=O) groups is 1. The first kappa shape index (κ1) is 15.3. The Morgan fingerprint density at radius 3 is 2.80 bits per heavy atom. The van der Waals surface area contributed by atoms with Gasteiger partial charge in [-0.2, -0.15) is 0 Å². The van der Waals surface area contributed by atoms with Crippen molar-refractivity contribution in [3.8, 4) is 5.75 Å². The van der Waals surface area contributed by atoms with Gasteiger partial charge in [0.2, 0.25) is 5.91 Å². The van der Waals surface area contributed by atoms with Crippen molar-refractivity contribution in [1.29, 1.82) is 0 Å². The highest BCUT2D eigenvalue weighted by molar-refractivity contribution is 9.10. The van der Waals surface area contributed by atoms with Crippen LogP contribution in [0.2, 0.25) is 0 Å². The second kappa shape index (κ2) is 6.59. The van der Waals surface area contributed by atoms with Crippen LogP contribution in [0, 0.1) is 5.41 Å². The van der Waals surface area contributed by atoms with E-state index in [9.17, 15) is 9.90 Å². The molecule has 0 unspecified atom stereocenters. The molecule has 1 aliphatic rings. The van der Waals surface area contributed by atoms with Crippen molar-refractivity contribution >= 4 is 27.5 Å². The van der Waals surface area contributed by atoms with Crippen LogP contribution in [-0.4, -0.2) is 24.1 Å². The summed E-state index contributed by atoms with van der Waals surface area (Å²) >= 11 is 3.35. The van der Waals surface area contributed by atoms with Crippen molar-refractivity contribution in [1.82, 2.24) is 5.32 Å². The van der Waals surface area contributed by atoms with Crippen LogP contribution in [0.4, 0.5) is 5.69 Å². The van der Waals surface area contributed by atoms with Crippen molar-refractivity contribution in [2.75, 3.05) is 18.4 Å². The van der Waals surface area contributed by atoms with Gasteiger partial charge in [0.15, 0.2) is 0 Å². The zero-order chi connectivity index (χ0) is 14.6. The van der Waals surface area contributed by atoms with Crippen molar-refractivity contribution in [2.24, 2.45) is 5.41 Å². The molecule has 0 bridgehead atoms. The molecule has 0 aliphatic carbocycles. The van der Waals surface area contributed by atoms with E-state index in [2.05, 4.69) is 33.5 Å². The number of hydrogen-bond donors (Lipinski definition) is 3. The Hall–Kier alpha value is -1.07. The minimum atomic E-state index is -0.311. The summed E-state index contributed by atoms with van der Waals surface area (Å²) in [7, 11) is 0. The summed E-state index contributed by atoms with van der Waals surface area (Å²) in [4.78, 5) is 12.7. The molecule has 1 fully saturated rings. The topological polar surface area (TPSA) is 61.4 Å². The van der Waals surface area contributed by atoms with Crippen LogP contribution in [0.3, 0.4) is 0 Å². The van der Waals surface area contributed by atoms with Crippen LogP contribution < -0.4 is 10.6 Å². The first-order chi connectivity index (χ1) is 9.57. The third kappa shape index (κ3) is 3.33. The molecule has 0 aromatic heterocycles. The lowest BCUT2D eigenvalue weighted by Crippen LogP contribution is -2.44. The Morgan fingerprint density at radius 1 is 1.45 bits per heavy atom. The second-order valence-corrected chi connectivity index (χ2v) is 6.31. The van der Waals surface area contributed by atoms with Gasteiger partial charge in [0.05, 0.1) is 11.1 Å². The summed E-state index contributed by atoms with van der Waals surface area (Å²) in [5.74, 6) is 0.122. The largest absolute Gasteiger partial charge is 0.506 e. The minimum absolute atomic E-state index is 0.0225. The molecule has 4 nitrogen and oxygen atoms in total. The fraction of sp³-hybridized carbons (Fsp3) is 0.533. The van der Waals surface area contributed by atoms with Crippen LogP contribution in [-0.2, 0) is 4.79 Å². The second-order valence-electron chi connectivity index (χ2n) is 5.40. The zero-order valence-corrected chi connectivity index (χ0v) is 13.3. The summed E-state index contributed by atoms with van der Waals surface area (Å²) in [6.45, 7) is 3.85. The number of piperidine rings is 1. The molecule has 1 aromatic carbocycles. The highest BCUT2D eigenvalue weighted by Crippen LogP contribution is 2.36. The van der Waals surface area contributed by atoms with Crippen LogP contribution in [0.25, 0.3) is 0 Å². The molecular formula is C15H21BrN2O2. The monoisotopic (exact) mass is 340 g/mol. The van der Waals surface area contributed by atoms with Gasteiger partial charge in [0, 0.05) is 4.47 Å². The van der Waals surface area contributed by atoms with Gasteiger partial charge in [-0.15, -0.1) is 0 Å². The summed E-state index contributed by atoms with van der Waals surface area (Å²) < 4.78 is 0.834. The Labute approximate surface area is 128 Å². The minimum Gasteiger partial charge on any atom is -0.506 e. The number of anilines is 1. The van der Waals surface area contributed by atoms with Gasteiger partial charge in [-0.25, -0.2) is 0 Å². The van der Waals surface area contributed by atoms with Gasteiger partial charge in [-0.05, 0) is 50.6 Å². The predicted molar refractivity (Wildman–Crippen MR) is 83.9 cm³/mol. The number of phenols is 1. The van der Waals surface area contributed by atoms with E-state index < -0.39 is 0 Å². The predicted octanol–water partition coefficient (Wildman–Crippen LogP) is 3.26. The van der Waals surface area contributed by atoms with Crippen LogP contribution in [0.1, 0.15) is 32.6 Å². The Balaban J connectivity index is 2.18. The number of phenolic OH excluding ortho intramolecular Hbond substituents is 1. The molecule has 0 atom stereocenters. The Morgan fingerprint density at radius 2 is 2.15 bits per heavy atom. The van der Waals surface area contributed by atoms with Gasteiger partial charge in [-0.1, -0.05) is 29.3 Å². The van der Waals surface area contributed by atoms with Gasteiger partial charge in [0.25, 0.3) is 0 Å². The van der Waals surface area contributed by atoms with Crippen LogP contribution in [0.5, 0.6) is 5.75 Å². The molecule has 20 heavy (non-hydrogen) atoms. The normalized spacial score (nSPS) is 17.7. The SMILES string of the molecule is CCCC1(C(=O)Nc2cc(Br)ccc2O)CCNCC1. The number of benzene rings is 1. The van der Waals surface area contributed by atoms with Crippen LogP contribution in [0.15, 0.2) is 22.7 Å². The van der Waals surface area contributed by atoms with Crippen LogP contribution >= 0.6 is 15.9 Å². The number of aromatic hydroxyl groups is 1. The third-order valence-electron chi connectivity index (χ3n) is 3.98. The molecule has 1 heterocycles. The Bertz CT molecular complexity index is 479. The maximum atomic E-state index is 12.7. The van der Waals surface area contributed by atoms with Gasteiger partial charge in [0.1, 0.15) is 5.75 Å². The third-order valence-corrected chi connectivity index (χ3v) is 4.47. The summed E-state index contributed by atoms with van der Waals surface area (Å²) in [5, 5.41) is 16.0. The zero-order valence-electron chi connectivity index (χ0n) is 11.7. The smallest absolute Gasteiger partial charge is 0.230 e. The number of rotatable bonds is 4. The molecule has 0 spiro atoms. The molecule has 0 saturated carbocycles. The Kier molecular flexibility index (Phi) is 5.05. The lowest BCUT2D eigenvalue weighted by atomic mass is 9.74. The van der Waals surface area contributed by atoms with E-state index in [1.54, 1.807) is 18.2 Å².